The van der Waals surface area contributed by atoms with Crippen LogP contribution in [0.3, 0.4) is 0 Å². The first-order valence-electron chi connectivity index (χ1n) is 7.54. The van der Waals surface area contributed by atoms with Crippen molar-refractivity contribution in [3.05, 3.63) is 68.7 Å². The summed E-state index contributed by atoms with van der Waals surface area (Å²) >= 11 is 23.4. The number of amides is 1. The van der Waals surface area contributed by atoms with Gasteiger partial charge in [-0.15, -0.1) is 0 Å². The molecule has 6 nitrogen and oxygen atoms in total. The van der Waals surface area contributed by atoms with E-state index in [9.17, 15) is 28.1 Å². The number of carbonyl (C=O) groups excluding carboxylic acids is 1. The number of hydrogen-bond acceptors (Lipinski definition) is 4. The van der Waals surface area contributed by atoms with Gasteiger partial charge >= 0.3 is 6.18 Å². The monoisotopic (exact) mass is 489 g/mol. The van der Waals surface area contributed by atoms with Crippen molar-refractivity contribution in [2.45, 2.75) is 16.1 Å². The van der Waals surface area contributed by atoms with Crippen molar-refractivity contribution in [1.82, 2.24) is 5.32 Å². The van der Waals surface area contributed by atoms with E-state index in [4.69, 9.17) is 46.4 Å². The zero-order valence-corrected chi connectivity index (χ0v) is 17.0. The largest absolute Gasteiger partial charge is 0.416 e. The Morgan fingerprint density at radius 2 is 1.76 bits per heavy atom. The molecule has 0 saturated carbocycles. The summed E-state index contributed by atoms with van der Waals surface area (Å²) in [5.74, 6) is -0.874. The first-order valence-corrected chi connectivity index (χ1v) is 9.05. The summed E-state index contributed by atoms with van der Waals surface area (Å²) in [5, 5.41) is 15.4. The number of nitro groups is 1. The van der Waals surface area contributed by atoms with E-state index in [0.29, 0.717) is 6.07 Å². The molecule has 0 spiro atoms. The van der Waals surface area contributed by atoms with E-state index in [-0.39, 0.29) is 22.0 Å². The summed E-state index contributed by atoms with van der Waals surface area (Å²) in [5.41, 5.74) is -1.75. The van der Waals surface area contributed by atoms with E-state index < -0.39 is 32.5 Å². The predicted molar refractivity (Wildman–Crippen MR) is 105 cm³/mol. The standard InChI is InChI=1S/C16H10Cl4F3N3O3/c17-11-5-4-9(16(21,22)23)7-12(11)24-14(15(18,19)20)25-13(27)8-2-1-3-10(6-8)26(28)29/h1-7,14,24H,(H,25,27)/t14-/m0/s1. The molecule has 29 heavy (non-hydrogen) atoms. The fraction of sp³-hybridized carbons (Fsp3) is 0.188. The second-order valence-electron chi connectivity index (χ2n) is 5.59. The average molecular weight is 491 g/mol. The predicted octanol–water partition coefficient (Wildman–Crippen LogP) is 5.81. The molecular formula is C16H10Cl4F3N3O3. The third-order valence-electron chi connectivity index (χ3n) is 3.52. The van der Waals surface area contributed by atoms with Gasteiger partial charge < -0.3 is 10.6 Å². The highest BCUT2D eigenvalue weighted by Crippen LogP contribution is 2.36. The number of nitro benzene ring substituents is 1. The molecule has 2 aromatic carbocycles. The van der Waals surface area contributed by atoms with Gasteiger partial charge in [-0.3, -0.25) is 14.9 Å². The Kier molecular flexibility index (Phi) is 7.10. The van der Waals surface area contributed by atoms with Gasteiger partial charge in [-0.05, 0) is 24.3 Å². The lowest BCUT2D eigenvalue weighted by Gasteiger charge is -2.28. The molecule has 0 radical (unpaired) electrons. The van der Waals surface area contributed by atoms with Gasteiger partial charge in [-0.2, -0.15) is 13.2 Å². The highest BCUT2D eigenvalue weighted by atomic mass is 35.6. The number of nitrogens with one attached hydrogen (secondary N) is 2. The van der Waals surface area contributed by atoms with E-state index in [1.807, 2.05) is 0 Å². The maximum Gasteiger partial charge on any atom is 0.416 e. The summed E-state index contributed by atoms with van der Waals surface area (Å²) in [6.07, 6.45) is -6.18. The second kappa shape index (κ2) is 8.83. The molecule has 0 unspecified atom stereocenters. The van der Waals surface area contributed by atoms with E-state index in [1.165, 1.54) is 18.2 Å². The molecule has 2 aromatic rings. The molecule has 13 heteroatoms. The first kappa shape index (κ1) is 23.3. The zero-order valence-electron chi connectivity index (χ0n) is 13.9. The van der Waals surface area contributed by atoms with Crippen LogP contribution in [-0.2, 0) is 6.18 Å². The van der Waals surface area contributed by atoms with E-state index in [0.717, 1.165) is 18.2 Å². The number of hydrogen-bond donors (Lipinski definition) is 2. The van der Waals surface area contributed by atoms with Crippen LogP contribution in [0.5, 0.6) is 0 Å². The van der Waals surface area contributed by atoms with Crippen molar-refractivity contribution in [3.8, 4) is 0 Å². The minimum Gasteiger partial charge on any atom is -0.361 e. The van der Waals surface area contributed by atoms with E-state index in [2.05, 4.69) is 10.6 Å². The normalized spacial score (nSPS) is 12.9. The molecular weight excluding hydrogens is 481 g/mol. The van der Waals surface area contributed by atoms with Crippen molar-refractivity contribution in [2.24, 2.45) is 0 Å². The molecule has 0 heterocycles. The maximum atomic E-state index is 12.9. The van der Waals surface area contributed by atoms with Gasteiger partial charge in [0.1, 0.15) is 6.17 Å². The molecule has 0 aliphatic rings. The highest BCUT2D eigenvalue weighted by Gasteiger charge is 2.36. The van der Waals surface area contributed by atoms with Crippen LogP contribution in [0.2, 0.25) is 5.02 Å². The Balaban J connectivity index is 2.31. The van der Waals surface area contributed by atoms with Crippen LogP contribution in [0.25, 0.3) is 0 Å². The van der Waals surface area contributed by atoms with Gasteiger partial charge in [-0.1, -0.05) is 52.5 Å². The average Bonchev–Trinajstić information content (AvgIpc) is 2.61. The van der Waals surface area contributed by atoms with Gasteiger partial charge in [0.25, 0.3) is 11.6 Å². The maximum absolute atomic E-state index is 12.9. The van der Waals surface area contributed by atoms with Crippen LogP contribution in [0.4, 0.5) is 24.5 Å². The number of rotatable bonds is 5. The Morgan fingerprint density at radius 1 is 1.10 bits per heavy atom. The number of alkyl halides is 6. The second-order valence-corrected chi connectivity index (χ2v) is 8.37. The van der Waals surface area contributed by atoms with Gasteiger partial charge in [0.05, 0.1) is 21.2 Å². The molecule has 0 aliphatic heterocycles. The molecule has 1 amide bonds. The molecule has 0 bridgehead atoms. The smallest absolute Gasteiger partial charge is 0.361 e. The molecule has 0 saturated heterocycles. The van der Waals surface area contributed by atoms with Gasteiger partial charge in [-0.25, -0.2) is 0 Å². The summed E-state index contributed by atoms with van der Waals surface area (Å²) < 4.78 is 36.6. The molecule has 2 rings (SSSR count). The molecule has 0 aliphatic carbocycles. The number of benzene rings is 2. The number of nitrogens with zero attached hydrogens (tertiary/aromatic N) is 1. The molecule has 1 atom stereocenters. The lowest BCUT2D eigenvalue weighted by molar-refractivity contribution is -0.384. The zero-order chi connectivity index (χ0) is 22.0. The SMILES string of the molecule is O=C(N[C@H](Nc1cc(C(F)(F)F)ccc1Cl)C(Cl)(Cl)Cl)c1cccc([N+](=O)[O-])c1. The van der Waals surface area contributed by atoms with Crippen LogP contribution in [0, 0.1) is 10.1 Å². The van der Waals surface area contributed by atoms with Crippen LogP contribution in [0.1, 0.15) is 15.9 Å². The molecule has 2 N–H and O–H groups in total. The Labute approximate surface area is 182 Å². The minimum atomic E-state index is -4.65. The van der Waals surface area contributed by atoms with Gasteiger partial charge in [0, 0.05) is 17.7 Å². The van der Waals surface area contributed by atoms with Crippen molar-refractivity contribution in [2.75, 3.05) is 5.32 Å². The number of halogens is 7. The Morgan fingerprint density at radius 3 is 2.31 bits per heavy atom. The quantitative estimate of drug-likeness (QED) is 0.240. The van der Waals surface area contributed by atoms with Crippen LogP contribution in [0.15, 0.2) is 42.5 Å². The Hall–Kier alpha value is -1.94. The number of carbonyl (C=O) groups is 1. The fourth-order valence-corrected chi connectivity index (χ4v) is 2.64. The fourth-order valence-electron chi connectivity index (χ4n) is 2.14. The summed E-state index contributed by atoms with van der Waals surface area (Å²) in [4.78, 5) is 22.6. The van der Waals surface area contributed by atoms with Crippen LogP contribution >= 0.6 is 46.4 Å². The number of anilines is 1. The first-order chi connectivity index (χ1) is 13.3. The van der Waals surface area contributed by atoms with E-state index >= 15 is 0 Å². The van der Waals surface area contributed by atoms with Crippen molar-refractivity contribution >= 4 is 63.7 Å². The summed E-state index contributed by atoms with van der Waals surface area (Å²) in [6.45, 7) is 0. The summed E-state index contributed by atoms with van der Waals surface area (Å²) in [7, 11) is 0. The van der Waals surface area contributed by atoms with Gasteiger partial charge in [0.15, 0.2) is 0 Å². The lowest BCUT2D eigenvalue weighted by Crippen LogP contribution is -2.49. The van der Waals surface area contributed by atoms with Crippen LogP contribution in [-0.4, -0.2) is 20.8 Å². The lowest BCUT2D eigenvalue weighted by atomic mass is 10.1. The van der Waals surface area contributed by atoms with Crippen molar-refractivity contribution in [1.29, 1.82) is 0 Å². The molecule has 156 valence electrons. The Bertz CT molecular complexity index is 936. The van der Waals surface area contributed by atoms with E-state index in [1.54, 1.807) is 0 Å². The third kappa shape index (κ3) is 6.27. The highest BCUT2D eigenvalue weighted by molar-refractivity contribution is 6.68. The number of non-ortho nitro benzene ring substituents is 1. The molecule has 0 fully saturated rings. The molecule has 0 aromatic heterocycles. The van der Waals surface area contributed by atoms with Crippen molar-refractivity contribution in [3.63, 3.8) is 0 Å². The van der Waals surface area contributed by atoms with Gasteiger partial charge in [0.2, 0.25) is 3.79 Å². The van der Waals surface area contributed by atoms with Crippen LogP contribution < -0.4 is 10.6 Å². The topological polar surface area (TPSA) is 84.3 Å². The minimum absolute atomic E-state index is 0.123. The summed E-state index contributed by atoms with van der Waals surface area (Å²) in [6, 6.07) is 7.14. The van der Waals surface area contributed by atoms with Crippen molar-refractivity contribution < 1.29 is 22.9 Å². The third-order valence-corrected chi connectivity index (χ3v) is 4.50.